The molecular formula is C19H31NO5. The highest BCUT2D eigenvalue weighted by Crippen LogP contribution is 2.33. The lowest BCUT2D eigenvalue weighted by Crippen LogP contribution is -2.34. The number of aliphatic hydroxyl groups is 2. The minimum atomic E-state index is -1.11. The molecule has 1 rings (SSSR count). The molecule has 0 bridgehead atoms. The SMILES string of the molecule is CC(C)(C)OC(=O)NCCC(O)C(O)c1ccc(O)c(C(C)(C)C)c1. The molecule has 0 aliphatic rings. The van der Waals surface area contributed by atoms with Gasteiger partial charge < -0.3 is 25.4 Å². The number of alkyl carbamates (subject to hydrolysis) is 1. The molecule has 25 heavy (non-hydrogen) atoms. The van der Waals surface area contributed by atoms with E-state index < -0.39 is 23.9 Å². The van der Waals surface area contributed by atoms with Crippen LogP contribution in [0.25, 0.3) is 0 Å². The van der Waals surface area contributed by atoms with Gasteiger partial charge in [-0.05, 0) is 55.9 Å². The minimum Gasteiger partial charge on any atom is -0.508 e. The Morgan fingerprint density at radius 1 is 1.16 bits per heavy atom. The van der Waals surface area contributed by atoms with Gasteiger partial charge in [-0.25, -0.2) is 4.79 Å². The van der Waals surface area contributed by atoms with E-state index in [0.29, 0.717) is 11.1 Å². The third-order valence-corrected chi connectivity index (χ3v) is 3.64. The first-order chi connectivity index (χ1) is 11.3. The molecule has 0 heterocycles. The van der Waals surface area contributed by atoms with Crippen molar-refractivity contribution in [2.45, 2.75) is 71.2 Å². The van der Waals surface area contributed by atoms with Gasteiger partial charge in [0.15, 0.2) is 0 Å². The van der Waals surface area contributed by atoms with E-state index in [1.807, 2.05) is 20.8 Å². The molecule has 0 saturated carbocycles. The van der Waals surface area contributed by atoms with Crippen LogP contribution in [0.3, 0.4) is 0 Å². The molecule has 6 heteroatoms. The Hall–Kier alpha value is -1.79. The maximum absolute atomic E-state index is 11.6. The van der Waals surface area contributed by atoms with Crippen molar-refractivity contribution in [3.63, 3.8) is 0 Å². The van der Waals surface area contributed by atoms with E-state index in [9.17, 15) is 20.1 Å². The predicted octanol–water partition coefficient (Wildman–Crippen LogP) is 3.00. The van der Waals surface area contributed by atoms with Crippen molar-refractivity contribution in [3.05, 3.63) is 29.3 Å². The van der Waals surface area contributed by atoms with Crippen molar-refractivity contribution < 1.29 is 24.9 Å². The van der Waals surface area contributed by atoms with Gasteiger partial charge in [-0.3, -0.25) is 0 Å². The average Bonchev–Trinajstić information content (AvgIpc) is 2.43. The number of ether oxygens (including phenoxy) is 1. The molecule has 0 fully saturated rings. The van der Waals surface area contributed by atoms with Gasteiger partial charge in [0.25, 0.3) is 0 Å². The summed E-state index contributed by atoms with van der Waals surface area (Å²) in [5.74, 6) is 0.157. The normalized spacial score (nSPS) is 14.7. The summed E-state index contributed by atoms with van der Waals surface area (Å²) in [6.07, 6.45) is -2.55. The number of aliphatic hydroxyl groups excluding tert-OH is 2. The molecule has 1 amide bonds. The van der Waals surface area contributed by atoms with Crippen LogP contribution in [0.15, 0.2) is 18.2 Å². The fourth-order valence-corrected chi connectivity index (χ4v) is 2.35. The highest BCUT2D eigenvalue weighted by atomic mass is 16.6. The number of nitrogens with one attached hydrogen (secondary N) is 1. The zero-order valence-corrected chi connectivity index (χ0v) is 16.0. The maximum atomic E-state index is 11.6. The van der Waals surface area contributed by atoms with Crippen LogP contribution in [0.5, 0.6) is 5.75 Å². The monoisotopic (exact) mass is 353 g/mol. The fraction of sp³-hybridized carbons (Fsp3) is 0.632. The first kappa shape index (κ1) is 21.3. The molecule has 1 aromatic rings. The Balaban J connectivity index is 2.65. The molecule has 0 aromatic heterocycles. The van der Waals surface area contributed by atoms with Gasteiger partial charge >= 0.3 is 6.09 Å². The molecule has 1 aromatic carbocycles. The molecule has 142 valence electrons. The van der Waals surface area contributed by atoms with Crippen molar-refractivity contribution in [3.8, 4) is 5.75 Å². The Kier molecular flexibility index (Phi) is 6.85. The molecular weight excluding hydrogens is 322 g/mol. The van der Waals surface area contributed by atoms with Crippen LogP contribution >= 0.6 is 0 Å². The summed E-state index contributed by atoms with van der Waals surface area (Å²) in [6.45, 7) is 11.4. The predicted molar refractivity (Wildman–Crippen MR) is 96.6 cm³/mol. The highest BCUT2D eigenvalue weighted by Gasteiger charge is 2.24. The van der Waals surface area contributed by atoms with E-state index in [2.05, 4.69) is 5.32 Å². The summed E-state index contributed by atoms with van der Waals surface area (Å²) in [4.78, 5) is 11.6. The van der Waals surface area contributed by atoms with Crippen molar-refractivity contribution in [2.75, 3.05) is 6.54 Å². The largest absolute Gasteiger partial charge is 0.508 e. The molecule has 2 atom stereocenters. The first-order valence-corrected chi connectivity index (χ1v) is 8.47. The second-order valence-electron chi connectivity index (χ2n) is 8.26. The molecule has 4 N–H and O–H groups in total. The van der Waals surface area contributed by atoms with Crippen LogP contribution in [0, 0.1) is 0 Å². The Labute approximate surface area is 149 Å². The maximum Gasteiger partial charge on any atom is 0.407 e. The second kappa shape index (κ2) is 8.06. The molecule has 6 nitrogen and oxygen atoms in total. The minimum absolute atomic E-state index is 0.157. The lowest BCUT2D eigenvalue weighted by molar-refractivity contribution is 0.0122. The Bertz CT molecular complexity index is 586. The van der Waals surface area contributed by atoms with Crippen molar-refractivity contribution >= 4 is 6.09 Å². The van der Waals surface area contributed by atoms with Gasteiger partial charge in [0.1, 0.15) is 17.5 Å². The van der Waals surface area contributed by atoms with E-state index in [1.54, 1.807) is 32.9 Å². The van der Waals surface area contributed by atoms with E-state index in [1.165, 1.54) is 6.07 Å². The molecule has 0 aliphatic carbocycles. The van der Waals surface area contributed by atoms with Gasteiger partial charge in [0.05, 0.1) is 6.10 Å². The number of hydrogen-bond donors (Lipinski definition) is 4. The molecule has 0 spiro atoms. The number of amides is 1. The molecule has 0 aliphatic heterocycles. The van der Waals surface area contributed by atoms with Crippen LogP contribution in [0.2, 0.25) is 0 Å². The van der Waals surface area contributed by atoms with Crippen LogP contribution < -0.4 is 5.32 Å². The fourth-order valence-electron chi connectivity index (χ4n) is 2.35. The van der Waals surface area contributed by atoms with E-state index >= 15 is 0 Å². The lowest BCUT2D eigenvalue weighted by Gasteiger charge is -2.24. The van der Waals surface area contributed by atoms with Gasteiger partial charge in [0, 0.05) is 6.54 Å². The van der Waals surface area contributed by atoms with Crippen LogP contribution in [-0.4, -0.2) is 39.7 Å². The molecule has 0 radical (unpaired) electrons. The Morgan fingerprint density at radius 2 is 1.76 bits per heavy atom. The van der Waals surface area contributed by atoms with Crippen LogP contribution in [-0.2, 0) is 10.2 Å². The lowest BCUT2D eigenvalue weighted by atomic mass is 9.84. The summed E-state index contributed by atoms with van der Waals surface area (Å²) in [7, 11) is 0. The van der Waals surface area contributed by atoms with E-state index in [4.69, 9.17) is 4.74 Å². The summed E-state index contributed by atoms with van der Waals surface area (Å²) in [5, 5.41) is 33.1. The topological polar surface area (TPSA) is 99.0 Å². The smallest absolute Gasteiger partial charge is 0.407 e. The number of rotatable bonds is 5. The highest BCUT2D eigenvalue weighted by molar-refractivity contribution is 5.67. The number of hydrogen-bond acceptors (Lipinski definition) is 5. The summed E-state index contributed by atoms with van der Waals surface area (Å²) in [5.41, 5.74) is 0.344. The molecule has 2 unspecified atom stereocenters. The van der Waals surface area contributed by atoms with Crippen LogP contribution in [0.4, 0.5) is 4.79 Å². The van der Waals surface area contributed by atoms with Crippen molar-refractivity contribution in [1.29, 1.82) is 0 Å². The number of phenols is 1. The standard InChI is InChI=1S/C19H31NO5/c1-18(2,3)13-11-12(7-8-14(13)21)16(23)15(22)9-10-20-17(24)25-19(4,5)6/h7-8,11,15-16,21-23H,9-10H2,1-6H3,(H,20,24). The van der Waals surface area contributed by atoms with Gasteiger partial charge in [-0.15, -0.1) is 0 Å². The summed E-state index contributed by atoms with van der Waals surface area (Å²) < 4.78 is 5.11. The summed E-state index contributed by atoms with van der Waals surface area (Å²) in [6, 6.07) is 4.80. The third-order valence-electron chi connectivity index (χ3n) is 3.64. The van der Waals surface area contributed by atoms with E-state index in [0.717, 1.165) is 0 Å². The quantitative estimate of drug-likeness (QED) is 0.652. The zero-order valence-electron chi connectivity index (χ0n) is 16.0. The van der Waals surface area contributed by atoms with E-state index in [-0.39, 0.29) is 24.1 Å². The summed E-state index contributed by atoms with van der Waals surface area (Å²) >= 11 is 0. The van der Waals surface area contributed by atoms with Crippen molar-refractivity contribution in [1.82, 2.24) is 5.32 Å². The first-order valence-electron chi connectivity index (χ1n) is 8.47. The molecule has 0 saturated heterocycles. The third kappa shape index (κ3) is 6.92. The second-order valence-corrected chi connectivity index (χ2v) is 8.26. The van der Waals surface area contributed by atoms with Crippen LogP contribution in [0.1, 0.15) is 65.2 Å². The Morgan fingerprint density at radius 3 is 2.28 bits per heavy atom. The number of benzene rings is 1. The van der Waals surface area contributed by atoms with Gasteiger partial charge in [-0.1, -0.05) is 26.8 Å². The number of carbonyl (C=O) groups is 1. The number of aromatic hydroxyl groups is 1. The van der Waals surface area contributed by atoms with Crippen molar-refractivity contribution in [2.24, 2.45) is 0 Å². The van der Waals surface area contributed by atoms with Gasteiger partial charge in [-0.2, -0.15) is 0 Å². The van der Waals surface area contributed by atoms with Gasteiger partial charge in [0.2, 0.25) is 0 Å². The number of phenolic OH excluding ortho intramolecular Hbond substituents is 1. The average molecular weight is 353 g/mol. The number of carbonyl (C=O) groups excluding carboxylic acids is 1. The zero-order chi connectivity index (χ0) is 19.4.